The number of aryl methyl sites for hydroxylation is 2. The maximum Gasteiger partial charge on any atom is 0.246 e. The number of likely N-dealkylation sites (tertiary alicyclic amines) is 1. The van der Waals surface area contributed by atoms with E-state index in [4.69, 9.17) is 23.2 Å². The van der Waals surface area contributed by atoms with Crippen LogP contribution in [0.15, 0.2) is 24.8 Å². The molecule has 0 saturated carbocycles. The minimum Gasteiger partial charge on any atom is -0.340 e. The molecule has 0 spiro atoms. The van der Waals surface area contributed by atoms with Crippen molar-refractivity contribution < 1.29 is 9.59 Å². The molecular weight excluding hydrogens is 409 g/mol. The molecule has 0 radical (unpaired) electrons. The molecule has 2 aliphatic rings. The fourth-order valence-corrected chi connectivity index (χ4v) is 4.67. The number of nitrogens with zero attached hydrogens (tertiary/aromatic N) is 3. The molecule has 2 fully saturated rings. The Kier molecular flexibility index (Phi) is 7.60. The summed E-state index contributed by atoms with van der Waals surface area (Å²) >= 11 is 12.3. The van der Waals surface area contributed by atoms with Crippen LogP contribution in [0.2, 0.25) is 10.0 Å². The van der Waals surface area contributed by atoms with Gasteiger partial charge < -0.3 is 9.80 Å². The molecule has 1 unspecified atom stereocenters. The maximum absolute atomic E-state index is 12.7. The summed E-state index contributed by atoms with van der Waals surface area (Å²) in [5, 5.41) is 1.11. The molecule has 2 amide bonds. The van der Waals surface area contributed by atoms with Crippen LogP contribution in [-0.4, -0.2) is 71.8 Å². The van der Waals surface area contributed by atoms with Gasteiger partial charge in [0, 0.05) is 51.7 Å². The lowest BCUT2D eigenvalue weighted by atomic mass is 10.0. The second kappa shape index (κ2) is 9.96. The summed E-state index contributed by atoms with van der Waals surface area (Å²) in [5.74, 6) is 0.197. The number of carbonyl (C=O) groups excluding carboxylic acids is 2. The molecule has 158 valence electrons. The van der Waals surface area contributed by atoms with Crippen molar-refractivity contribution >= 4 is 35.0 Å². The van der Waals surface area contributed by atoms with Gasteiger partial charge in [-0.1, -0.05) is 36.7 Å². The summed E-state index contributed by atoms with van der Waals surface area (Å²) in [6.45, 7) is 10.4. The largest absolute Gasteiger partial charge is 0.340 e. The number of hydrogen-bond acceptors (Lipinski definition) is 3. The van der Waals surface area contributed by atoms with E-state index in [1.165, 1.54) is 6.08 Å². The van der Waals surface area contributed by atoms with Crippen LogP contribution in [0.3, 0.4) is 0 Å². The van der Waals surface area contributed by atoms with Crippen molar-refractivity contribution in [1.29, 1.82) is 0 Å². The maximum atomic E-state index is 12.7. The Labute approximate surface area is 183 Å². The summed E-state index contributed by atoms with van der Waals surface area (Å²) < 4.78 is 0. The Morgan fingerprint density at radius 2 is 1.72 bits per heavy atom. The standard InChI is InChI=1S/C22H29Cl2N3O2/c1-3-16-13-19(23)20(24)14-17(16)5-6-22(29)26-11-9-25(10-12-26)18-7-8-27(15-18)21(28)4-2/h4,13-14,18H,2-3,5-12,15H2,1H3. The van der Waals surface area contributed by atoms with Crippen LogP contribution < -0.4 is 0 Å². The number of carbonyl (C=O) groups is 2. The zero-order valence-electron chi connectivity index (χ0n) is 17.0. The number of piperazine rings is 1. The van der Waals surface area contributed by atoms with Crippen LogP contribution >= 0.6 is 23.2 Å². The van der Waals surface area contributed by atoms with Crippen LogP contribution in [0.4, 0.5) is 0 Å². The molecule has 0 aliphatic carbocycles. The molecule has 0 N–H and O–H groups in total. The third kappa shape index (κ3) is 5.33. The van der Waals surface area contributed by atoms with Gasteiger partial charge in [0.15, 0.2) is 0 Å². The Bertz CT molecular complexity index is 776. The minimum atomic E-state index is 0.00932. The third-order valence-electron chi connectivity index (χ3n) is 6.06. The monoisotopic (exact) mass is 437 g/mol. The number of halogens is 2. The van der Waals surface area contributed by atoms with E-state index in [2.05, 4.69) is 18.4 Å². The quantitative estimate of drug-likeness (QED) is 0.640. The molecular formula is C22H29Cl2N3O2. The first-order chi connectivity index (χ1) is 13.9. The fraction of sp³-hybridized carbons (Fsp3) is 0.545. The summed E-state index contributed by atoms with van der Waals surface area (Å²) in [7, 11) is 0. The lowest BCUT2D eigenvalue weighted by molar-refractivity contribution is -0.133. The molecule has 3 rings (SSSR count). The summed E-state index contributed by atoms with van der Waals surface area (Å²) in [6.07, 6.45) is 4.41. The molecule has 5 nitrogen and oxygen atoms in total. The van der Waals surface area contributed by atoms with E-state index in [9.17, 15) is 9.59 Å². The average molecular weight is 438 g/mol. The molecule has 0 bridgehead atoms. The molecule has 2 aliphatic heterocycles. The molecule has 1 atom stereocenters. The summed E-state index contributed by atoms with van der Waals surface area (Å²) in [6, 6.07) is 4.19. The molecule has 1 aromatic carbocycles. The van der Waals surface area contributed by atoms with Crippen molar-refractivity contribution in [2.75, 3.05) is 39.3 Å². The number of benzene rings is 1. The first kappa shape index (κ1) is 22.1. The van der Waals surface area contributed by atoms with Gasteiger partial charge in [0.05, 0.1) is 10.0 Å². The van der Waals surface area contributed by atoms with Crippen LogP contribution in [0.25, 0.3) is 0 Å². The van der Waals surface area contributed by atoms with Gasteiger partial charge in [0.25, 0.3) is 0 Å². The Hall–Kier alpha value is -1.56. The van der Waals surface area contributed by atoms with Crippen molar-refractivity contribution in [2.24, 2.45) is 0 Å². The van der Waals surface area contributed by atoms with Gasteiger partial charge >= 0.3 is 0 Å². The van der Waals surface area contributed by atoms with Gasteiger partial charge in [0.1, 0.15) is 0 Å². The van der Waals surface area contributed by atoms with E-state index in [1.54, 1.807) is 0 Å². The molecule has 7 heteroatoms. The highest BCUT2D eigenvalue weighted by Gasteiger charge is 2.32. The fourth-order valence-electron chi connectivity index (χ4n) is 4.30. The molecule has 1 aromatic rings. The second-order valence-corrected chi connectivity index (χ2v) is 8.55. The summed E-state index contributed by atoms with van der Waals surface area (Å²) in [5.41, 5.74) is 2.25. The number of amides is 2. The highest BCUT2D eigenvalue weighted by molar-refractivity contribution is 6.42. The minimum absolute atomic E-state index is 0.00932. The van der Waals surface area contributed by atoms with Crippen LogP contribution in [-0.2, 0) is 22.4 Å². The smallest absolute Gasteiger partial charge is 0.246 e. The Morgan fingerprint density at radius 3 is 2.34 bits per heavy atom. The third-order valence-corrected chi connectivity index (χ3v) is 6.79. The topological polar surface area (TPSA) is 43.9 Å². The molecule has 29 heavy (non-hydrogen) atoms. The van der Waals surface area contributed by atoms with E-state index in [1.807, 2.05) is 21.9 Å². The molecule has 2 heterocycles. The normalized spacial score (nSPS) is 20.2. The zero-order valence-corrected chi connectivity index (χ0v) is 18.5. The molecule has 2 saturated heterocycles. The van der Waals surface area contributed by atoms with Crippen LogP contribution in [0.5, 0.6) is 0 Å². The van der Waals surface area contributed by atoms with Gasteiger partial charge in [-0.25, -0.2) is 0 Å². The number of rotatable bonds is 6. The van der Waals surface area contributed by atoms with Crippen LogP contribution in [0, 0.1) is 0 Å². The number of hydrogen-bond donors (Lipinski definition) is 0. The van der Waals surface area contributed by atoms with E-state index in [0.29, 0.717) is 28.9 Å². The van der Waals surface area contributed by atoms with Crippen molar-refractivity contribution in [3.63, 3.8) is 0 Å². The van der Waals surface area contributed by atoms with E-state index >= 15 is 0 Å². The summed E-state index contributed by atoms with van der Waals surface area (Å²) in [4.78, 5) is 30.7. The zero-order chi connectivity index (χ0) is 21.0. The van der Waals surface area contributed by atoms with Crippen molar-refractivity contribution in [3.05, 3.63) is 46.0 Å². The lowest BCUT2D eigenvalue weighted by Crippen LogP contribution is -2.52. The van der Waals surface area contributed by atoms with Gasteiger partial charge in [0.2, 0.25) is 11.8 Å². The highest BCUT2D eigenvalue weighted by Crippen LogP contribution is 2.27. The van der Waals surface area contributed by atoms with Crippen molar-refractivity contribution in [1.82, 2.24) is 14.7 Å². The predicted octanol–water partition coefficient (Wildman–Crippen LogP) is 3.42. The highest BCUT2D eigenvalue weighted by atomic mass is 35.5. The Balaban J connectivity index is 1.48. The van der Waals surface area contributed by atoms with Crippen LogP contribution in [0.1, 0.15) is 30.9 Å². The lowest BCUT2D eigenvalue weighted by Gasteiger charge is -2.38. The van der Waals surface area contributed by atoms with Gasteiger partial charge in [-0.05, 0) is 48.6 Å². The van der Waals surface area contributed by atoms with E-state index < -0.39 is 0 Å². The molecule has 0 aromatic heterocycles. The average Bonchev–Trinajstić information content (AvgIpc) is 3.23. The predicted molar refractivity (Wildman–Crippen MR) is 117 cm³/mol. The Morgan fingerprint density at radius 1 is 1.07 bits per heavy atom. The van der Waals surface area contributed by atoms with E-state index in [0.717, 1.165) is 63.2 Å². The second-order valence-electron chi connectivity index (χ2n) is 7.74. The van der Waals surface area contributed by atoms with Gasteiger partial charge in [-0.15, -0.1) is 0 Å². The van der Waals surface area contributed by atoms with Gasteiger partial charge in [-0.3, -0.25) is 14.5 Å². The van der Waals surface area contributed by atoms with E-state index in [-0.39, 0.29) is 11.8 Å². The van der Waals surface area contributed by atoms with Crippen molar-refractivity contribution in [3.8, 4) is 0 Å². The SMILES string of the molecule is C=CC(=O)N1CCC(N2CCN(C(=O)CCc3cc(Cl)c(Cl)cc3CC)CC2)C1. The van der Waals surface area contributed by atoms with Gasteiger partial charge in [-0.2, -0.15) is 0 Å². The first-order valence-electron chi connectivity index (χ1n) is 10.3. The van der Waals surface area contributed by atoms with Crippen molar-refractivity contribution in [2.45, 2.75) is 38.6 Å². The first-order valence-corrected chi connectivity index (χ1v) is 11.1.